The van der Waals surface area contributed by atoms with Crippen molar-refractivity contribution in [2.75, 3.05) is 0 Å². The van der Waals surface area contributed by atoms with Crippen molar-refractivity contribution in [2.24, 2.45) is 0 Å². The molecular formula is C7H9FO6. The van der Waals surface area contributed by atoms with Crippen LogP contribution in [0.25, 0.3) is 0 Å². The van der Waals surface area contributed by atoms with Gasteiger partial charge in [0.05, 0.1) is 0 Å². The van der Waals surface area contributed by atoms with Crippen LogP contribution in [0.15, 0.2) is 0 Å². The zero-order valence-electron chi connectivity index (χ0n) is 7.83. The van der Waals surface area contributed by atoms with E-state index in [2.05, 4.69) is 7.18 Å². The molecule has 0 unspecified atom stereocenters. The first-order valence-corrected chi connectivity index (χ1v) is 2.91. The quantitative estimate of drug-likeness (QED) is 0.412. The Hall–Kier alpha value is -1.66. The number of carboxylic acid groups (broad SMARTS) is 3. The van der Waals surface area contributed by atoms with E-state index < -0.39 is 17.9 Å². The van der Waals surface area contributed by atoms with Crippen LogP contribution in [0.2, 0.25) is 0 Å². The van der Waals surface area contributed by atoms with Crippen LogP contribution in [0.1, 0.15) is 20.8 Å². The summed E-state index contributed by atoms with van der Waals surface area (Å²) in [5.74, 6) is -3.25. The predicted molar refractivity (Wildman–Crippen MR) is 36.4 cm³/mol. The molecule has 0 aliphatic rings. The van der Waals surface area contributed by atoms with Gasteiger partial charge in [-0.3, -0.25) is 0 Å². The molecule has 0 heterocycles. The van der Waals surface area contributed by atoms with Crippen molar-refractivity contribution in [3.8, 4) is 0 Å². The fraction of sp³-hybridized carbons (Fsp3) is 0.429. The Morgan fingerprint density at radius 2 is 0.786 bits per heavy atom. The molecule has 0 rings (SSSR count). The summed E-state index contributed by atoms with van der Waals surface area (Å²) in [7, 11) is 4.25. The third kappa shape index (κ3) is 327. The third-order valence-corrected chi connectivity index (χ3v) is 0. The number of aliphatic carboxylic acids is 3. The molecule has 0 aliphatic heterocycles. The Balaban J connectivity index is -0.0000000492. The Kier molecular flexibility index (Phi) is 36.7. The van der Waals surface area contributed by atoms with Gasteiger partial charge in [0, 0.05) is 17.9 Å². The second-order valence-corrected chi connectivity index (χ2v) is 1.47. The van der Waals surface area contributed by atoms with E-state index in [1.807, 2.05) is 0 Å². The number of carboxylic acids is 3. The monoisotopic (exact) mass is 208 g/mol. The van der Waals surface area contributed by atoms with Crippen LogP contribution in [0.4, 0.5) is 4.39 Å². The van der Waals surface area contributed by atoms with Gasteiger partial charge in [0.1, 0.15) is 0 Å². The fourth-order valence-electron chi connectivity index (χ4n) is 0. The predicted octanol–water partition coefficient (Wildman–Crippen LogP) is -3.23. The van der Waals surface area contributed by atoms with Crippen LogP contribution in [-0.4, -0.2) is 17.9 Å². The van der Waals surface area contributed by atoms with Gasteiger partial charge in [-0.25, -0.2) is 0 Å². The second kappa shape index (κ2) is 22.5. The molecule has 80 valence electrons. The Morgan fingerprint density at radius 3 is 0.786 bits per heavy atom. The summed E-state index contributed by atoms with van der Waals surface area (Å²) in [5.41, 5.74) is 0. The summed E-state index contributed by atoms with van der Waals surface area (Å²) in [6.07, 6.45) is 0. The Labute approximate surface area is 81.0 Å². The van der Waals surface area contributed by atoms with Crippen LogP contribution < -0.4 is 15.3 Å². The molecule has 0 fully saturated rings. The van der Waals surface area contributed by atoms with Crippen LogP contribution in [-0.2, 0) is 14.4 Å². The molecule has 0 N–H and O–H groups in total. The number of carbonyl (C=O) groups is 3. The summed E-state index contributed by atoms with van der Waals surface area (Å²) in [6.45, 7) is 2.92. The average molecular weight is 208 g/mol. The molecule has 0 atom stereocenters. The summed E-state index contributed by atoms with van der Waals surface area (Å²) in [4.78, 5) is 26.7. The van der Waals surface area contributed by atoms with Crippen LogP contribution >= 0.6 is 0 Å². The average Bonchev–Trinajstić information content (AvgIpc) is 1.86. The zero-order chi connectivity index (χ0) is 12.7. The van der Waals surface area contributed by atoms with Crippen molar-refractivity contribution in [2.45, 2.75) is 20.8 Å². The first kappa shape index (κ1) is 22.8. The maximum atomic E-state index is 8.89. The van der Waals surface area contributed by atoms with Gasteiger partial charge in [-0.05, 0) is 20.8 Å². The second-order valence-electron chi connectivity index (χ2n) is 1.47. The molecule has 0 bridgehead atoms. The van der Waals surface area contributed by atoms with Crippen molar-refractivity contribution in [3.05, 3.63) is 7.18 Å². The van der Waals surface area contributed by atoms with E-state index in [0.29, 0.717) is 0 Å². The van der Waals surface area contributed by atoms with Gasteiger partial charge in [0.15, 0.2) is 0 Å². The number of hydrogen-bond acceptors (Lipinski definition) is 6. The van der Waals surface area contributed by atoms with Gasteiger partial charge >= 0.3 is 11.6 Å². The molecule has 7 heteroatoms. The minimum atomic E-state index is -1.08. The van der Waals surface area contributed by atoms with E-state index in [0.717, 1.165) is 20.8 Å². The van der Waals surface area contributed by atoms with Gasteiger partial charge in [0.2, 0.25) is 0 Å². The van der Waals surface area contributed by atoms with Gasteiger partial charge in [0.25, 0.3) is 0 Å². The first-order valence-electron chi connectivity index (χ1n) is 2.91. The summed E-state index contributed by atoms with van der Waals surface area (Å²) in [6, 6.07) is 0. The summed E-state index contributed by atoms with van der Waals surface area (Å²) in [5, 5.41) is 26.7. The standard InChI is InChI=1S/3C2H4O2.CF/c3*1-2(3)4;1-2/h3*1H3,(H,3,4);/q;;;+3/p-3. The molecule has 0 radical (unpaired) electrons. The van der Waals surface area contributed by atoms with Gasteiger partial charge < -0.3 is 29.7 Å². The van der Waals surface area contributed by atoms with Crippen molar-refractivity contribution >= 4 is 17.9 Å². The van der Waals surface area contributed by atoms with Gasteiger partial charge in [-0.15, -0.1) is 0 Å². The molecule has 0 aromatic carbocycles. The van der Waals surface area contributed by atoms with Crippen LogP contribution in [0.3, 0.4) is 0 Å². The van der Waals surface area contributed by atoms with Crippen molar-refractivity contribution < 1.29 is 34.1 Å². The molecule has 6 nitrogen and oxygen atoms in total. The van der Waals surface area contributed by atoms with Crippen molar-refractivity contribution in [1.29, 1.82) is 0 Å². The van der Waals surface area contributed by atoms with Crippen molar-refractivity contribution in [3.63, 3.8) is 0 Å². The minimum absolute atomic E-state index is 0.972. The normalized spacial score (nSPS) is 5.86. The van der Waals surface area contributed by atoms with Crippen molar-refractivity contribution in [1.82, 2.24) is 0 Å². The Morgan fingerprint density at radius 1 is 0.786 bits per heavy atom. The third-order valence-electron chi connectivity index (χ3n) is 0. The number of rotatable bonds is 0. The molecule has 0 spiro atoms. The molecule has 0 aliphatic carbocycles. The fourth-order valence-corrected chi connectivity index (χ4v) is 0. The molecular weight excluding hydrogens is 199 g/mol. The van der Waals surface area contributed by atoms with E-state index in [9.17, 15) is 0 Å². The van der Waals surface area contributed by atoms with E-state index in [4.69, 9.17) is 34.1 Å². The van der Waals surface area contributed by atoms with E-state index in [1.54, 1.807) is 0 Å². The van der Waals surface area contributed by atoms with E-state index in [1.165, 1.54) is 0 Å². The number of halogens is 1. The van der Waals surface area contributed by atoms with Crippen LogP contribution in [0.5, 0.6) is 0 Å². The maximum absolute atomic E-state index is 8.89. The summed E-state index contributed by atoms with van der Waals surface area (Å²) >= 11 is 0. The van der Waals surface area contributed by atoms with Gasteiger partial charge in [-0.1, -0.05) is 0 Å². The summed E-state index contributed by atoms with van der Waals surface area (Å²) < 4.78 is 8.75. The molecule has 0 aromatic heterocycles. The van der Waals surface area contributed by atoms with Gasteiger partial charge in [-0.2, -0.15) is 0 Å². The number of hydrogen-bond donors (Lipinski definition) is 0. The van der Waals surface area contributed by atoms with E-state index >= 15 is 0 Å². The molecule has 0 saturated carbocycles. The number of carbonyl (C=O) groups excluding carboxylic acids is 3. The Bertz CT molecular complexity index is 116. The first-order chi connectivity index (χ1) is 6.20. The molecule has 14 heavy (non-hydrogen) atoms. The zero-order valence-corrected chi connectivity index (χ0v) is 7.83. The SMILES string of the molecule is CC(=O)[O-].CC(=O)[O-].CC(=O)[O-].[C+3]F. The molecule has 0 saturated heterocycles. The van der Waals surface area contributed by atoms with E-state index in [-0.39, 0.29) is 0 Å². The van der Waals surface area contributed by atoms with Crippen LogP contribution in [0, 0.1) is 7.18 Å². The molecule has 0 aromatic rings. The molecule has 0 amide bonds. The topological polar surface area (TPSA) is 120 Å².